The number of thiophene rings is 1. The van der Waals surface area contributed by atoms with Gasteiger partial charge in [0.15, 0.2) is 6.61 Å². The van der Waals surface area contributed by atoms with E-state index in [-0.39, 0.29) is 0 Å². The number of hydrogen-bond donors (Lipinski definition) is 2. The highest BCUT2D eigenvalue weighted by atomic mass is 79.9. The number of anilines is 1. The maximum Gasteiger partial charge on any atom is 0.331 e. The number of amides is 2. The van der Waals surface area contributed by atoms with Crippen molar-refractivity contribution in [3.05, 3.63) is 56.7 Å². The van der Waals surface area contributed by atoms with E-state index in [0.29, 0.717) is 11.3 Å². The number of carbonyl (C=O) groups excluding carboxylic acids is 3. The Bertz CT molecular complexity index is 784. The van der Waals surface area contributed by atoms with Crippen LogP contribution in [0.25, 0.3) is 6.08 Å². The third-order valence-electron chi connectivity index (χ3n) is 2.78. The Morgan fingerprint density at radius 3 is 2.46 bits per heavy atom. The predicted molar refractivity (Wildman–Crippen MR) is 95.6 cm³/mol. The molecule has 0 aliphatic rings. The number of nitrogens with two attached hydrogens (primary N) is 1. The molecule has 2 aromatic rings. The maximum absolute atomic E-state index is 11.7. The number of rotatable bonds is 6. The summed E-state index contributed by atoms with van der Waals surface area (Å²) in [5, 5.41) is 2.54. The first kappa shape index (κ1) is 17.9. The van der Waals surface area contributed by atoms with Gasteiger partial charge in [0.25, 0.3) is 5.91 Å². The molecule has 0 spiro atoms. The van der Waals surface area contributed by atoms with Crippen LogP contribution in [0.4, 0.5) is 5.69 Å². The molecule has 0 unspecified atom stereocenters. The van der Waals surface area contributed by atoms with Crippen LogP contribution in [0, 0.1) is 0 Å². The summed E-state index contributed by atoms with van der Waals surface area (Å²) in [5.74, 6) is -1.65. The van der Waals surface area contributed by atoms with E-state index >= 15 is 0 Å². The number of esters is 1. The maximum atomic E-state index is 11.7. The number of halogens is 1. The number of primary amides is 1. The molecule has 0 aliphatic carbocycles. The minimum atomic E-state index is -0.612. The second-order valence-corrected chi connectivity index (χ2v) is 7.07. The first-order chi connectivity index (χ1) is 11.4. The van der Waals surface area contributed by atoms with E-state index in [0.717, 1.165) is 8.66 Å². The normalized spacial score (nSPS) is 10.5. The molecule has 1 heterocycles. The Balaban J connectivity index is 1.79. The fourth-order valence-electron chi connectivity index (χ4n) is 1.67. The van der Waals surface area contributed by atoms with Gasteiger partial charge in [-0.2, -0.15) is 0 Å². The van der Waals surface area contributed by atoms with E-state index in [4.69, 9.17) is 10.5 Å². The Kier molecular flexibility index (Phi) is 6.28. The molecule has 0 atom stereocenters. The highest BCUT2D eigenvalue weighted by molar-refractivity contribution is 9.11. The molecular formula is C16H13BrN2O4S. The minimum Gasteiger partial charge on any atom is -0.452 e. The molecule has 2 rings (SSSR count). The van der Waals surface area contributed by atoms with Gasteiger partial charge in [-0.25, -0.2) is 4.79 Å². The van der Waals surface area contributed by atoms with Crippen LogP contribution in [-0.4, -0.2) is 24.4 Å². The number of carbonyl (C=O) groups is 3. The van der Waals surface area contributed by atoms with Gasteiger partial charge in [-0.15, -0.1) is 11.3 Å². The van der Waals surface area contributed by atoms with Gasteiger partial charge in [-0.1, -0.05) is 0 Å². The lowest BCUT2D eigenvalue weighted by Crippen LogP contribution is -2.20. The fourth-order valence-corrected chi connectivity index (χ4v) is 2.99. The van der Waals surface area contributed by atoms with E-state index in [1.807, 2.05) is 12.1 Å². The van der Waals surface area contributed by atoms with E-state index in [2.05, 4.69) is 21.2 Å². The van der Waals surface area contributed by atoms with E-state index in [1.165, 1.54) is 41.7 Å². The smallest absolute Gasteiger partial charge is 0.331 e. The van der Waals surface area contributed by atoms with Crippen molar-refractivity contribution in [1.29, 1.82) is 0 Å². The third-order valence-corrected chi connectivity index (χ3v) is 4.37. The lowest BCUT2D eigenvalue weighted by molar-refractivity contribution is -0.142. The summed E-state index contributed by atoms with van der Waals surface area (Å²) >= 11 is 4.79. The van der Waals surface area contributed by atoms with Crippen molar-refractivity contribution in [2.24, 2.45) is 5.73 Å². The van der Waals surface area contributed by atoms with Gasteiger partial charge in [-0.05, 0) is 58.4 Å². The quantitative estimate of drug-likeness (QED) is 0.566. The first-order valence-electron chi connectivity index (χ1n) is 6.74. The lowest BCUT2D eigenvalue weighted by Gasteiger charge is -2.05. The summed E-state index contributed by atoms with van der Waals surface area (Å²) in [6, 6.07) is 9.77. The molecule has 24 heavy (non-hydrogen) atoms. The van der Waals surface area contributed by atoms with Crippen molar-refractivity contribution in [3.8, 4) is 0 Å². The molecule has 8 heteroatoms. The zero-order valence-corrected chi connectivity index (χ0v) is 14.7. The van der Waals surface area contributed by atoms with Crippen LogP contribution in [0.2, 0.25) is 0 Å². The van der Waals surface area contributed by atoms with Gasteiger partial charge < -0.3 is 15.8 Å². The fraction of sp³-hybridized carbons (Fsp3) is 0.0625. The van der Waals surface area contributed by atoms with Crippen molar-refractivity contribution in [2.75, 3.05) is 11.9 Å². The molecule has 0 fully saturated rings. The summed E-state index contributed by atoms with van der Waals surface area (Å²) < 4.78 is 5.80. The van der Waals surface area contributed by atoms with Crippen LogP contribution in [0.1, 0.15) is 15.2 Å². The summed E-state index contributed by atoms with van der Waals surface area (Å²) in [6.07, 6.45) is 2.87. The second-order valence-electron chi connectivity index (χ2n) is 4.57. The highest BCUT2D eigenvalue weighted by Gasteiger charge is 2.07. The monoisotopic (exact) mass is 408 g/mol. The first-order valence-corrected chi connectivity index (χ1v) is 8.35. The highest BCUT2D eigenvalue weighted by Crippen LogP contribution is 2.22. The largest absolute Gasteiger partial charge is 0.452 e. The van der Waals surface area contributed by atoms with Crippen molar-refractivity contribution in [1.82, 2.24) is 0 Å². The zero-order valence-electron chi connectivity index (χ0n) is 12.3. The SMILES string of the molecule is NC(=O)c1ccc(NC(=O)COC(=O)/C=C/c2ccc(Br)s2)cc1. The molecule has 124 valence electrons. The van der Waals surface area contributed by atoms with Gasteiger partial charge in [0, 0.05) is 22.2 Å². The van der Waals surface area contributed by atoms with Gasteiger partial charge in [0.05, 0.1) is 3.79 Å². The number of ether oxygens (including phenoxy) is 1. The molecule has 1 aromatic carbocycles. The Hall–Kier alpha value is -2.45. The molecule has 2 amide bonds. The predicted octanol–water partition coefficient (Wildman–Crippen LogP) is 2.80. The molecule has 0 saturated carbocycles. The van der Waals surface area contributed by atoms with Crippen LogP contribution in [0.3, 0.4) is 0 Å². The second kappa shape index (κ2) is 8.42. The van der Waals surface area contributed by atoms with Crippen LogP contribution >= 0.6 is 27.3 Å². The van der Waals surface area contributed by atoms with Crippen LogP contribution in [-0.2, 0) is 14.3 Å². The Morgan fingerprint density at radius 2 is 1.88 bits per heavy atom. The van der Waals surface area contributed by atoms with Gasteiger partial charge >= 0.3 is 5.97 Å². The number of benzene rings is 1. The number of hydrogen-bond acceptors (Lipinski definition) is 5. The topological polar surface area (TPSA) is 98.5 Å². The Labute approximate surface area is 150 Å². The summed E-state index contributed by atoms with van der Waals surface area (Å²) in [5.41, 5.74) is 5.94. The summed E-state index contributed by atoms with van der Waals surface area (Å²) in [6.45, 7) is -0.408. The molecule has 6 nitrogen and oxygen atoms in total. The molecule has 0 saturated heterocycles. The van der Waals surface area contributed by atoms with Gasteiger partial charge in [-0.3, -0.25) is 9.59 Å². The third kappa shape index (κ3) is 5.64. The summed E-state index contributed by atoms with van der Waals surface area (Å²) in [4.78, 5) is 35.1. The van der Waals surface area contributed by atoms with Crippen LogP contribution in [0.5, 0.6) is 0 Å². The van der Waals surface area contributed by atoms with Gasteiger partial charge in [0.1, 0.15) is 0 Å². The van der Waals surface area contributed by atoms with Crippen molar-refractivity contribution < 1.29 is 19.1 Å². The van der Waals surface area contributed by atoms with Gasteiger partial charge in [0.2, 0.25) is 5.91 Å². The number of nitrogens with one attached hydrogen (secondary N) is 1. The standard InChI is InChI=1S/C16H13BrN2O4S/c17-13-7-5-12(24-13)6-8-15(21)23-9-14(20)19-11-3-1-10(2-4-11)16(18)22/h1-8H,9H2,(H2,18,22)(H,19,20)/b8-6+. The molecule has 3 N–H and O–H groups in total. The average Bonchev–Trinajstić information content (AvgIpc) is 2.97. The molecule has 0 bridgehead atoms. The van der Waals surface area contributed by atoms with Crippen LogP contribution in [0.15, 0.2) is 46.3 Å². The molecule has 0 aliphatic heterocycles. The molecule has 1 aromatic heterocycles. The van der Waals surface area contributed by atoms with E-state index in [9.17, 15) is 14.4 Å². The molecular weight excluding hydrogens is 396 g/mol. The summed E-state index contributed by atoms with van der Waals surface area (Å²) in [7, 11) is 0. The molecule has 0 radical (unpaired) electrons. The lowest BCUT2D eigenvalue weighted by atomic mass is 10.2. The zero-order chi connectivity index (χ0) is 17.5. The van der Waals surface area contributed by atoms with E-state index in [1.54, 1.807) is 6.08 Å². The van der Waals surface area contributed by atoms with Crippen molar-refractivity contribution in [3.63, 3.8) is 0 Å². The van der Waals surface area contributed by atoms with Crippen molar-refractivity contribution >= 4 is 56.8 Å². The average molecular weight is 409 g/mol. The van der Waals surface area contributed by atoms with Crippen LogP contribution < -0.4 is 11.1 Å². The van der Waals surface area contributed by atoms with E-state index < -0.39 is 24.4 Å². The minimum absolute atomic E-state index is 0.338. The Morgan fingerprint density at radius 1 is 1.17 bits per heavy atom. The van der Waals surface area contributed by atoms with Crippen molar-refractivity contribution in [2.45, 2.75) is 0 Å².